The summed E-state index contributed by atoms with van der Waals surface area (Å²) in [6.45, 7) is 4.68. The third kappa shape index (κ3) is 7.10. The van der Waals surface area contributed by atoms with Gasteiger partial charge in [-0.1, -0.05) is 55.6 Å². The molecule has 0 unspecified atom stereocenters. The first kappa shape index (κ1) is 23.9. The fourth-order valence-electron chi connectivity index (χ4n) is 2.08. The summed E-state index contributed by atoms with van der Waals surface area (Å²) in [4.78, 5) is 11.9. The first-order valence-electron chi connectivity index (χ1n) is 7.54. The summed E-state index contributed by atoms with van der Waals surface area (Å²) in [6.07, 6.45) is -8.82. The summed E-state index contributed by atoms with van der Waals surface area (Å²) in [6, 6.07) is 2.59. The number of alkyl halides is 6. The number of carbonyl (C=O) groups excluding carboxylic acids is 1. The molecule has 0 aliphatic carbocycles. The Morgan fingerprint density at radius 3 is 2.19 bits per heavy atom. The van der Waals surface area contributed by atoms with Gasteiger partial charge < -0.3 is 14.6 Å². The Morgan fingerprint density at radius 2 is 1.78 bits per heavy atom. The van der Waals surface area contributed by atoms with Crippen molar-refractivity contribution < 1.29 is 32.5 Å². The molecule has 0 radical (unpaired) electrons. The molecular formula is C16H19Cl3F3NO4. The lowest BCUT2D eigenvalue weighted by Crippen LogP contribution is -2.24. The third-order valence-corrected chi connectivity index (χ3v) is 3.72. The van der Waals surface area contributed by atoms with Crippen molar-refractivity contribution in [2.75, 3.05) is 19.0 Å². The van der Waals surface area contributed by atoms with Gasteiger partial charge in [0, 0.05) is 5.56 Å². The Morgan fingerprint density at radius 1 is 1.22 bits per heavy atom. The lowest BCUT2D eigenvalue weighted by Gasteiger charge is -2.26. The number of benzene rings is 1. The van der Waals surface area contributed by atoms with E-state index in [-0.39, 0.29) is 11.4 Å². The van der Waals surface area contributed by atoms with E-state index >= 15 is 0 Å². The summed E-state index contributed by atoms with van der Waals surface area (Å²) in [5, 5.41) is 12.0. The summed E-state index contributed by atoms with van der Waals surface area (Å²) in [7, 11) is 1.11. The minimum Gasteiger partial charge on any atom is -0.494 e. The van der Waals surface area contributed by atoms with E-state index in [1.165, 1.54) is 12.1 Å². The maximum absolute atomic E-state index is 13.1. The van der Waals surface area contributed by atoms with Gasteiger partial charge in [0.1, 0.15) is 12.4 Å². The van der Waals surface area contributed by atoms with Crippen LogP contribution in [0, 0.1) is 0 Å². The number of nitrogens with one attached hydrogen (secondary N) is 1. The highest BCUT2D eigenvalue weighted by atomic mass is 35.6. The number of carbonyl (C=O) groups is 1. The first-order valence-corrected chi connectivity index (χ1v) is 8.67. The van der Waals surface area contributed by atoms with Crippen LogP contribution in [0.2, 0.25) is 0 Å². The van der Waals surface area contributed by atoms with Crippen molar-refractivity contribution in [2.45, 2.75) is 42.3 Å². The maximum Gasteiger partial charge on any atom is 0.418 e. The van der Waals surface area contributed by atoms with Gasteiger partial charge >= 0.3 is 12.3 Å². The van der Waals surface area contributed by atoms with Crippen LogP contribution in [0.4, 0.5) is 23.7 Å². The van der Waals surface area contributed by atoms with Gasteiger partial charge in [-0.15, -0.1) is 0 Å². The van der Waals surface area contributed by atoms with Gasteiger partial charge in [0.25, 0.3) is 0 Å². The van der Waals surface area contributed by atoms with Crippen molar-refractivity contribution in [1.82, 2.24) is 0 Å². The van der Waals surface area contributed by atoms with Crippen LogP contribution in [-0.4, -0.2) is 34.9 Å². The largest absolute Gasteiger partial charge is 0.494 e. The zero-order valence-corrected chi connectivity index (χ0v) is 17.1. The average molecular weight is 453 g/mol. The molecule has 0 saturated carbocycles. The molecule has 27 heavy (non-hydrogen) atoms. The molecule has 0 fully saturated rings. The van der Waals surface area contributed by atoms with E-state index in [1.54, 1.807) is 20.8 Å². The first-order chi connectivity index (χ1) is 12.1. The normalized spacial score (nSPS) is 13.9. The van der Waals surface area contributed by atoms with Gasteiger partial charge in [-0.2, -0.15) is 13.2 Å². The average Bonchev–Trinajstić information content (AvgIpc) is 2.49. The number of aliphatic hydroxyl groups is 1. The Balaban J connectivity index is 3.38. The van der Waals surface area contributed by atoms with Crippen molar-refractivity contribution >= 4 is 46.6 Å². The maximum atomic E-state index is 13.1. The molecule has 0 heterocycles. The van der Waals surface area contributed by atoms with E-state index in [4.69, 9.17) is 44.3 Å². The van der Waals surface area contributed by atoms with E-state index in [9.17, 15) is 23.1 Å². The van der Waals surface area contributed by atoms with Crippen LogP contribution in [0.5, 0.6) is 5.75 Å². The van der Waals surface area contributed by atoms with Crippen molar-refractivity contribution in [3.63, 3.8) is 0 Å². The Bertz CT molecular complexity index is 685. The van der Waals surface area contributed by atoms with Gasteiger partial charge in [-0.05, 0) is 23.1 Å². The molecule has 0 aliphatic rings. The van der Waals surface area contributed by atoms with Gasteiger partial charge in [-0.3, -0.25) is 5.32 Å². The summed E-state index contributed by atoms with van der Waals surface area (Å²) >= 11 is 16.5. The number of anilines is 1. The van der Waals surface area contributed by atoms with E-state index in [1.807, 2.05) is 0 Å². The Labute approximate surface area is 169 Å². The zero-order chi connectivity index (χ0) is 21.2. The second kappa shape index (κ2) is 8.51. The summed E-state index contributed by atoms with van der Waals surface area (Å²) < 4.78 is 47.1. The number of ether oxygens (including phenoxy) is 2. The van der Waals surface area contributed by atoms with Crippen LogP contribution in [-0.2, 0) is 10.2 Å². The number of halogens is 6. The number of hydrogen-bond donors (Lipinski definition) is 2. The van der Waals surface area contributed by atoms with Crippen molar-refractivity contribution in [2.24, 2.45) is 0 Å². The highest BCUT2D eigenvalue weighted by Gasteiger charge is 2.42. The summed E-state index contributed by atoms with van der Waals surface area (Å²) in [5.41, 5.74) is -0.852. The van der Waals surface area contributed by atoms with Crippen molar-refractivity contribution in [3.8, 4) is 5.75 Å². The molecule has 5 nitrogen and oxygen atoms in total. The lowest BCUT2D eigenvalue weighted by atomic mass is 9.84. The van der Waals surface area contributed by atoms with Gasteiger partial charge in [0.2, 0.25) is 3.79 Å². The minimum absolute atomic E-state index is 0.127. The smallest absolute Gasteiger partial charge is 0.418 e. The van der Waals surface area contributed by atoms with Crippen molar-refractivity contribution in [1.29, 1.82) is 0 Å². The molecule has 1 aromatic rings. The molecule has 1 aromatic carbocycles. The van der Waals surface area contributed by atoms with Crippen LogP contribution in [0.3, 0.4) is 0 Å². The fraction of sp³-hybridized carbons (Fsp3) is 0.562. The molecule has 0 spiro atoms. The topological polar surface area (TPSA) is 67.8 Å². The monoisotopic (exact) mass is 451 g/mol. The number of rotatable bonds is 4. The standard InChI is InChI=1S/C16H19Cl3F3NO4/c1-14(2,3)8-5-9(12(24)16(20,21)22)11(26-4)10(6-8)23-13(25)27-7-15(17,18)19/h5-6,12,24H,7H2,1-4H3,(H,23,25)/t12-/m1/s1. The number of amides is 1. The Kier molecular flexibility index (Phi) is 7.55. The minimum atomic E-state index is -4.93. The lowest BCUT2D eigenvalue weighted by molar-refractivity contribution is -0.207. The molecule has 154 valence electrons. The molecule has 2 N–H and O–H groups in total. The molecule has 1 rings (SSSR count). The highest BCUT2D eigenvalue weighted by Crippen LogP contribution is 2.43. The Hall–Kier alpha value is -1.09. The third-order valence-electron chi connectivity index (χ3n) is 3.40. The van der Waals surface area contributed by atoms with Crippen LogP contribution < -0.4 is 10.1 Å². The summed E-state index contributed by atoms with van der Waals surface area (Å²) in [5.74, 6) is -0.362. The predicted octanol–water partition coefficient (Wildman–Crippen LogP) is 5.51. The van der Waals surface area contributed by atoms with E-state index in [2.05, 4.69) is 5.32 Å². The second-order valence-corrected chi connectivity index (χ2v) is 9.17. The molecule has 0 bridgehead atoms. The quantitative estimate of drug-likeness (QED) is 0.591. The molecule has 1 amide bonds. The molecule has 1 atom stereocenters. The molecule has 11 heteroatoms. The molecular weight excluding hydrogens is 434 g/mol. The molecule has 0 aliphatic heterocycles. The molecule has 0 saturated heterocycles. The van der Waals surface area contributed by atoms with E-state index < -0.39 is 39.8 Å². The van der Waals surface area contributed by atoms with Crippen molar-refractivity contribution in [3.05, 3.63) is 23.3 Å². The van der Waals surface area contributed by atoms with Crippen LogP contribution in [0.25, 0.3) is 0 Å². The van der Waals surface area contributed by atoms with Gasteiger partial charge in [-0.25, -0.2) is 4.79 Å². The van der Waals surface area contributed by atoms with Crippen LogP contribution in [0.1, 0.15) is 38.0 Å². The highest BCUT2D eigenvalue weighted by molar-refractivity contribution is 6.67. The number of methoxy groups -OCH3 is 1. The van der Waals surface area contributed by atoms with E-state index in [0.717, 1.165) is 7.11 Å². The fourth-order valence-corrected chi connectivity index (χ4v) is 2.24. The van der Waals surface area contributed by atoms with Crippen LogP contribution in [0.15, 0.2) is 12.1 Å². The number of aliphatic hydroxyl groups excluding tert-OH is 1. The van der Waals surface area contributed by atoms with E-state index in [0.29, 0.717) is 5.56 Å². The van der Waals surface area contributed by atoms with Crippen LogP contribution >= 0.6 is 34.8 Å². The number of hydrogen-bond acceptors (Lipinski definition) is 4. The zero-order valence-electron chi connectivity index (χ0n) is 14.9. The molecule has 0 aromatic heterocycles. The van der Waals surface area contributed by atoms with Gasteiger partial charge in [0.05, 0.1) is 12.8 Å². The second-order valence-electron chi connectivity index (χ2n) is 6.66. The SMILES string of the molecule is COc1c(NC(=O)OCC(Cl)(Cl)Cl)cc(C(C)(C)C)cc1[C@@H](O)C(F)(F)F. The van der Waals surface area contributed by atoms with Gasteiger partial charge in [0.15, 0.2) is 6.10 Å². The predicted molar refractivity (Wildman–Crippen MR) is 98.0 cm³/mol.